The molecule has 0 amide bonds. The van der Waals surface area contributed by atoms with Crippen LogP contribution in [0.15, 0.2) is 29.4 Å². The van der Waals surface area contributed by atoms with E-state index < -0.39 is 4.92 Å². The summed E-state index contributed by atoms with van der Waals surface area (Å²) < 4.78 is 0. The number of nitro benzene ring substituents is 1. The zero-order valence-corrected chi connectivity index (χ0v) is 12.8. The number of hydrogen-bond acceptors (Lipinski definition) is 6. The molecule has 0 atom stereocenters. The van der Waals surface area contributed by atoms with E-state index in [2.05, 4.69) is 20.1 Å². The summed E-state index contributed by atoms with van der Waals surface area (Å²) in [4.78, 5) is 16.7. The molecule has 0 saturated carbocycles. The number of non-ortho nitro benzene ring substituents is 1. The molecule has 0 radical (unpaired) electrons. The third-order valence-electron chi connectivity index (χ3n) is 2.80. The minimum absolute atomic E-state index is 0.0662. The van der Waals surface area contributed by atoms with Crippen LogP contribution in [0.4, 0.5) is 5.69 Å². The van der Waals surface area contributed by atoms with E-state index in [1.165, 1.54) is 12.1 Å². The van der Waals surface area contributed by atoms with Crippen molar-refractivity contribution < 1.29 is 4.92 Å². The van der Waals surface area contributed by atoms with E-state index in [0.717, 1.165) is 24.3 Å². The number of aromatic amines is 1. The molecule has 0 unspecified atom stereocenters. The molecule has 1 N–H and O–H groups in total. The van der Waals surface area contributed by atoms with Gasteiger partial charge >= 0.3 is 0 Å². The van der Waals surface area contributed by atoms with E-state index >= 15 is 0 Å². The fourth-order valence-electron chi connectivity index (χ4n) is 1.73. The van der Waals surface area contributed by atoms with Crippen molar-refractivity contribution in [1.82, 2.24) is 20.1 Å². The number of benzene rings is 1. The van der Waals surface area contributed by atoms with Gasteiger partial charge in [0.15, 0.2) is 5.82 Å². The average molecular weight is 307 g/mol. The summed E-state index contributed by atoms with van der Waals surface area (Å²) in [7, 11) is 4.09. The molecule has 0 spiro atoms. The van der Waals surface area contributed by atoms with Crippen molar-refractivity contribution in [2.24, 2.45) is 0 Å². The van der Waals surface area contributed by atoms with Crippen LogP contribution in [0, 0.1) is 10.1 Å². The maximum atomic E-state index is 10.6. The van der Waals surface area contributed by atoms with Crippen LogP contribution in [-0.4, -0.2) is 51.4 Å². The highest BCUT2D eigenvalue weighted by molar-refractivity contribution is 7.99. The third-order valence-corrected chi connectivity index (χ3v) is 3.73. The number of hydrogen-bond donors (Lipinski definition) is 1. The van der Waals surface area contributed by atoms with Gasteiger partial charge in [-0.05, 0) is 39.2 Å². The summed E-state index contributed by atoms with van der Waals surface area (Å²) in [5.41, 5.74) is 0.852. The first kappa shape index (κ1) is 15.5. The lowest BCUT2D eigenvalue weighted by molar-refractivity contribution is -0.384. The van der Waals surface area contributed by atoms with Gasteiger partial charge in [0.2, 0.25) is 5.16 Å². The van der Waals surface area contributed by atoms with Gasteiger partial charge in [-0.3, -0.25) is 15.2 Å². The van der Waals surface area contributed by atoms with Crippen LogP contribution >= 0.6 is 11.8 Å². The van der Waals surface area contributed by atoms with Gasteiger partial charge < -0.3 is 4.90 Å². The van der Waals surface area contributed by atoms with Crippen molar-refractivity contribution in [2.75, 3.05) is 26.4 Å². The molecule has 1 aromatic carbocycles. The Hall–Kier alpha value is -1.93. The zero-order valence-electron chi connectivity index (χ0n) is 11.9. The van der Waals surface area contributed by atoms with Gasteiger partial charge in [-0.15, -0.1) is 5.10 Å². The van der Waals surface area contributed by atoms with Crippen molar-refractivity contribution >= 4 is 17.4 Å². The molecule has 7 nitrogen and oxygen atoms in total. The normalized spacial score (nSPS) is 11.0. The van der Waals surface area contributed by atoms with Crippen molar-refractivity contribution in [3.05, 3.63) is 34.4 Å². The van der Waals surface area contributed by atoms with Crippen LogP contribution in [0.3, 0.4) is 0 Å². The van der Waals surface area contributed by atoms with E-state index in [9.17, 15) is 10.1 Å². The number of rotatable bonds is 7. The van der Waals surface area contributed by atoms with Crippen molar-refractivity contribution in [3.63, 3.8) is 0 Å². The second-order valence-electron chi connectivity index (χ2n) is 4.78. The van der Waals surface area contributed by atoms with Crippen molar-refractivity contribution in [3.8, 4) is 11.4 Å². The standard InChI is InChI=1S/C13H17N5O2S/c1-17(2)8-3-9-21-13-14-12(15-16-13)10-4-6-11(7-5-10)18(19)20/h4-7H,3,8-9H2,1-2H3,(H,14,15,16). The summed E-state index contributed by atoms with van der Waals surface area (Å²) >= 11 is 1.60. The molecular formula is C13H17N5O2S. The molecule has 0 saturated heterocycles. The van der Waals surface area contributed by atoms with Crippen LogP contribution < -0.4 is 0 Å². The van der Waals surface area contributed by atoms with Gasteiger partial charge in [0, 0.05) is 23.4 Å². The first-order valence-electron chi connectivity index (χ1n) is 6.51. The highest BCUT2D eigenvalue weighted by atomic mass is 32.2. The smallest absolute Gasteiger partial charge is 0.269 e. The first-order chi connectivity index (χ1) is 10.1. The predicted octanol–water partition coefficient (Wildman–Crippen LogP) is 2.42. The lowest BCUT2D eigenvalue weighted by Gasteiger charge is -2.07. The maximum absolute atomic E-state index is 10.6. The Balaban J connectivity index is 1.94. The summed E-state index contributed by atoms with van der Waals surface area (Å²) in [5.74, 6) is 1.58. The number of H-pyrrole nitrogens is 1. The Kier molecular flexibility index (Phi) is 5.29. The fraction of sp³-hybridized carbons (Fsp3) is 0.385. The molecule has 2 rings (SSSR count). The molecule has 1 aromatic heterocycles. The largest absolute Gasteiger partial charge is 0.309 e. The van der Waals surface area contributed by atoms with Crippen LogP contribution in [0.25, 0.3) is 11.4 Å². The average Bonchev–Trinajstić information content (AvgIpc) is 2.92. The van der Waals surface area contributed by atoms with Crippen LogP contribution in [0.5, 0.6) is 0 Å². The predicted molar refractivity (Wildman–Crippen MR) is 82.4 cm³/mol. The molecule has 0 bridgehead atoms. The van der Waals surface area contributed by atoms with Gasteiger partial charge in [-0.25, -0.2) is 4.98 Å². The highest BCUT2D eigenvalue weighted by Crippen LogP contribution is 2.21. The molecule has 0 aliphatic carbocycles. The molecule has 0 aliphatic rings. The van der Waals surface area contributed by atoms with Crippen LogP contribution in [0.2, 0.25) is 0 Å². The van der Waals surface area contributed by atoms with Gasteiger partial charge in [0.05, 0.1) is 4.92 Å². The molecule has 0 fully saturated rings. The lowest BCUT2D eigenvalue weighted by atomic mass is 10.2. The Morgan fingerprint density at radius 2 is 2.05 bits per heavy atom. The van der Waals surface area contributed by atoms with E-state index in [-0.39, 0.29) is 5.69 Å². The second-order valence-corrected chi connectivity index (χ2v) is 5.84. The van der Waals surface area contributed by atoms with Crippen molar-refractivity contribution in [2.45, 2.75) is 11.6 Å². The Morgan fingerprint density at radius 3 is 2.67 bits per heavy atom. The molecule has 2 aromatic rings. The topological polar surface area (TPSA) is 88.0 Å². The van der Waals surface area contributed by atoms with Gasteiger partial charge in [0.1, 0.15) is 0 Å². The molecule has 21 heavy (non-hydrogen) atoms. The van der Waals surface area contributed by atoms with E-state index in [1.54, 1.807) is 23.9 Å². The number of thioether (sulfide) groups is 1. The van der Waals surface area contributed by atoms with E-state index in [0.29, 0.717) is 11.0 Å². The first-order valence-corrected chi connectivity index (χ1v) is 7.49. The van der Waals surface area contributed by atoms with E-state index in [4.69, 9.17) is 0 Å². The summed E-state index contributed by atoms with van der Waals surface area (Å²) in [6.07, 6.45) is 1.07. The lowest BCUT2D eigenvalue weighted by Crippen LogP contribution is -2.13. The molecular weight excluding hydrogens is 290 g/mol. The SMILES string of the molecule is CN(C)CCCSc1n[nH]c(-c2ccc([N+](=O)[O-])cc2)n1. The van der Waals surface area contributed by atoms with Crippen LogP contribution in [0.1, 0.15) is 6.42 Å². The van der Waals surface area contributed by atoms with Crippen molar-refractivity contribution in [1.29, 1.82) is 0 Å². The Labute approximate surface area is 126 Å². The molecule has 8 heteroatoms. The fourth-order valence-corrected chi connectivity index (χ4v) is 2.45. The van der Waals surface area contributed by atoms with Gasteiger partial charge in [-0.1, -0.05) is 11.8 Å². The number of nitrogens with zero attached hydrogens (tertiary/aromatic N) is 4. The van der Waals surface area contributed by atoms with Gasteiger partial charge in [-0.2, -0.15) is 0 Å². The van der Waals surface area contributed by atoms with Crippen LogP contribution in [-0.2, 0) is 0 Å². The Bertz CT molecular complexity index is 597. The summed E-state index contributed by atoms with van der Waals surface area (Å²) in [6, 6.07) is 6.25. The molecule has 1 heterocycles. The van der Waals surface area contributed by atoms with E-state index in [1.807, 2.05) is 14.1 Å². The monoisotopic (exact) mass is 307 g/mol. The Morgan fingerprint density at radius 1 is 1.33 bits per heavy atom. The minimum atomic E-state index is -0.420. The van der Waals surface area contributed by atoms with Gasteiger partial charge in [0.25, 0.3) is 5.69 Å². The summed E-state index contributed by atoms with van der Waals surface area (Å²) in [6.45, 7) is 1.03. The zero-order chi connectivity index (χ0) is 15.2. The third kappa shape index (κ3) is 4.54. The highest BCUT2D eigenvalue weighted by Gasteiger charge is 2.09. The second kappa shape index (κ2) is 7.19. The number of aromatic nitrogens is 3. The minimum Gasteiger partial charge on any atom is -0.309 e. The molecule has 0 aliphatic heterocycles. The molecule has 112 valence electrons. The maximum Gasteiger partial charge on any atom is 0.269 e. The number of nitro groups is 1. The summed E-state index contributed by atoms with van der Waals surface area (Å²) in [5, 5.41) is 18.3. The number of nitrogens with one attached hydrogen (secondary N) is 1. The quantitative estimate of drug-likeness (QED) is 0.366.